The summed E-state index contributed by atoms with van der Waals surface area (Å²) in [6.07, 6.45) is 6.54. The number of urea groups is 1. The van der Waals surface area contributed by atoms with Gasteiger partial charge in [-0.25, -0.2) is 14.8 Å². The summed E-state index contributed by atoms with van der Waals surface area (Å²) in [5, 5.41) is 3.28. The van der Waals surface area contributed by atoms with Crippen LogP contribution >= 0.6 is 0 Å². The van der Waals surface area contributed by atoms with Crippen LogP contribution in [0, 0.1) is 0 Å². The standard InChI is InChI=1S/C26H27N5O3/c32-26(30-13-16-33-17-14-30)31-12-2-1-3-15-34-23-9-4-6-20(18-23)24-10-11-27-25(29-24)28-21-7-5-8-22(31)19-21/h1-2,4-11,18-19H,3,12-17H2,(H,27,28,29). The maximum Gasteiger partial charge on any atom is 0.324 e. The van der Waals surface area contributed by atoms with E-state index >= 15 is 0 Å². The van der Waals surface area contributed by atoms with Gasteiger partial charge in [0, 0.05) is 42.8 Å². The third-order valence-electron chi connectivity index (χ3n) is 5.72. The normalized spacial score (nSPS) is 16.2. The lowest BCUT2D eigenvalue weighted by Crippen LogP contribution is -2.48. The second-order valence-electron chi connectivity index (χ2n) is 8.07. The predicted octanol–water partition coefficient (Wildman–Crippen LogP) is 4.48. The highest BCUT2D eigenvalue weighted by molar-refractivity contribution is 5.93. The zero-order valence-corrected chi connectivity index (χ0v) is 18.9. The molecule has 0 radical (unpaired) electrons. The largest absolute Gasteiger partial charge is 0.493 e. The zero-order valence-electron chi connectivity index (χ0n) is 18.9. The average Bonchev–Trinajstić information content (AvgIpc) is 2.88. The number of hydrogen-bond donors (Lipinski definition) is 1. The molecule has 1 aromatic heterocycles. The molecule has 3 heterocycles. The van der Waals surface area contributed by atoms with E-state index in [9.17, 15) is 4.79 Å². The van der Waals surface area contributed by atoms with Crippen LogP contribution in [0.3, 0.4) is 0 Å². The highest BCUT2D eigenvalue weighted by Gasteiger charge is 2.23. The lowest BCUT2D eigenvalue weighted by molar-refractivity contribution is 0.0550. The van der Waals surface area contributed by atoms with Gasteiger partial charge in [0.1, 0.15) is 5.75 Å². The molecular formula is C26H27N5O3. The summed E-state index contributed by atoms with van der Waals surface area (Å²) >= 11 is 0. The van der Waals surface area contributed by atoms with Crippen molar-refractivity contribution in [1.29, 1.82) is 0 Å². The van der Waals surface area contributed by atoms with E-state index in [4.69, 9.17) is 9.47 Å². The topological polar surface area (TPSA) is 79.8 Å². The van der Waals surface area contributed by atoms with E-state index in [1.807, 2.05) is 65.6 Å². The van der Waals surface area contributed by atoms with Crippen molar-refractivity contribution in [2.75, 3.05) is 49.7 Å². The van der Waals surface area contributed by atoms with Gasteiger partial charge in [0.15, 0.2) is 0 Å². The Hall–Kier alpha value is -3.91. The van der Waals surface area contributed by atoms with Crippen LogP contribution in [0.2, 0.25) is 0 Å². The molecule has 0 unspecified atom stereocenters. The van der Waals surface area contributed by atoms with Gasteiger partial charge < -0.3 is 19.7 Å². The summed E-state index contributed by atoms with van der Waals surface area (Å²) in [6.45, 7) is 3.30. The number of carbonyl (C=O) groups excluding carboxylic acids is 1. The fourth-order valence-corrected chi connectivity index (χ4v) is 3.97. The molecule has 6 bridgehead atoms. The van der Waals surface area contributed by atoms with Crippen molar-refractivity contribution in [3.05, 3.63) is 72.9 Å². The van der Waals surface area contributed by atoms with Crippen molar-refractivity contribution in [1.82, 2.24) is 14.9 Å². The van der Waals surface area contributed by atoms with E-state index in [0.717, 1.165) is 34.8 Å². The molecule has 2 amide bonds. The number of carbonyl (C=O) groups is 1. The van der Waals surface area contributed by atoms with Crippen LogP contribution in [0.25, 0.3) is 11.3 Å². The molecule has 8 nitrogen and oxygen atoms in total. The monoisotopic (exact) mass is 457 g/mol. The smallest absolute Gasteiger partial charge is 0.324 e. The second kappa shape index (κ2) is 10.4. The fraction of sp³-hybridized carbons (Fsp3) is 0.269. The van der Waals surface area contributed by atoms with Crippen molar-refractivity contribution in [2.24, 2.45) is 0 Å². The lowest BCUT2D eigenvalue weighted by Gasteiger charge is -2.32. The van der Waals surface area contributed by atoms with Crippen molar-refractivity contribution in [3.8, 4) is 17.0 Å². The second-order valence-corrected chi connectivity index (χ2v) is 8.07. The van der Waals surface area contributed by atoms with Gasteiger partial charge in [-0.15, -0.1) is 0 Å². The molecule has 2 aliphatic heterocycles. The number of nitrogens with one attached hydrogen (secondary N) is 1. The Bertz CT molecular complexity index is 1180. The Labute approximate surface area is 198 Å². The molecule has 0 saturated carbocycles. The Morgan fingerprint density at radius 3 is 2.76 bits per heavy atom. The Morgan fingerprint density at radius 1 is 0.971 bits per heavy atom. The number of hydrogen-bond acceptors (Lipinski definition) is 6. The minimum absolute atomic E-state index is 0.0338. The number of amides is 2. The summed E-state index contributed by atoms with van der Waals surface area (Å²) in [4.78, 5) is 26.1. The van der Waals surface area contributed by atoms with Gasteiger partial charge >= 0.3 is 6.03 Å². The van der Waals surface area contributed by atoms with Crippen LogP contribution in [0.15, 0.2) is 72.9 Å². The van der Waals surface area contributed by atoms with Gasteiger partial charge in [0.25, 0.3) is 0 Å². The van der Waals surface area contributed by atoms with Crippen LogP contribution in [0.4, 0.5) is 22.1 Å². The molecule has 8 heteroatoms. The minimum atomic E-state index is -0.0338. The number of anilines is 3. The van der Waals surface area contributed by atoms with Crippen LogP contribution in [0.1, 0.15) is 6.42 Å². The van der Waals surface area contributed by atoms with E-state index < -0.39 is 0 Å². The third-order valence-corrected chi connectivity index (χ3v) is 5.72. The number of nitrogens with zero attached hydrogens (tertiary/aromatic N) is 4. The first-order valence-corrected chi connectivity index (χ1v) is 11.5. The van der Waals surface area contributed by atoms with E-state index in [0.29, 0.717) is 45.4 Å². The molecule has 2 aromatic carbocycles. The zero-order chi connectivity index (χ0) is 23.2. The molecule has 5 rings (SSSR count). The number of aromatic nitrogens is 2. The number of fused-ring (bicyclic) bond motifs is 7. The van der Waals surface area contributed by atoms with E-state index in [1.54, 1.807) is 11.1 Å². The van der Waals surface area contributed by atoms with Crippen molar-refractivity contribution < 1.29 is 14.3 Å². The molecule has 1 fully saturated rings. The number of rotatable bonds is 0. The summed E-state index contributed by atoms with van der Waals surface area (Å²) in [5.74, 6) is 1.27. The first-order valence-electron chi connectivity index (χ1n) is 11.5. The summed E-state index contributed by atoms with van der Waals surface area (Å²) in [5.41, 5.74) is 3.36. The Kier molecular flexibility index (Phi) is 6.67. The Balaban J connectivity index is 1.48. The summed E-state index contributed by atoms with van der Waals surface area (Å²) < 4.78 is 11.4. The predicted molar refractivity (Wildman–Crippen MR) is 132 cm³/mol. The molecule has 0 spiro atoms. The summed E-state index contributed by atoms with van der Waals surface area (Å²) in [6, 6.07) is 17.5. The van der Waals surface area contributed by atoms with E-state index in [1.165, 1.54) is 0 Å². The highest BCUT2D eigenvalue weighted by Crippen LogP contribution is 2.26. The van der Waals surface area contributed by atoms with Crippen LogP contribution in [-0.2, 0) is 4.74 Å². The van der Waals surface area contributed by atoms with E-state index in [-0.39, 0.29) is 6.03 Å². The first kappa shape index (κ1) is 21.9. The molecule has 1 saturated heterocycles. The molecule has 0 aliphatic carbocycles. The lowest BCUT2D eigenvalue weighted by atomic mass is 10.1. The third kappa shape index (κ3) is 5.18. The van der Waals surface area contributed by atoms with Gasteiger partial charge in [-0.1, -0.05) is 30.4 Å². The maximum absolute atomic E-state index is 13.4. The van der Waals surface area contributed by atoms with Gasteiger partial charge in [-0.3, -0.25) is 4.90 Å². The molecular weight excluding hydrogens is 430 g/mol. The number of ether oxygens (including phenoxy) is 2. The van der Waals surface area contributed by atoms with Gasteiger partial charge in [0.05, 0.1) is 25.5 Å². The van der Waals surface area contributed by atoms with Crippen molar-refractivity contribution in [2.45, 2.75) is 6.42 Å². The van der Waals surface area contributed by atoms with Crippen molar-refractivity contribution in [3.63, 3.8) is 0 Å². The number of morpholine rings is 1. The van der Waals surface area contributed by atoms with Gasteiger partial charge in [0.2, 0.25) is 5.95 Å². The SMILES string of the molecule is O=C(N1CCOCC1)N1CC=CCCOc2cccc(c2)-c2ccnc(n2)Nc2cccc1c2. The highest BCUT2D eigenvalue weighted by atomic mass is 16.5. The van der Waals surface area contributed by atoms with Gasteiger partial charge in [-0.05, 0) is 42.8 Å². The molecule has 1 N–H and O–H groups in total. The molecule has 2 aliphatic rings. The number of benzene rings is 2. The first-order chi connectivity index (χ1) is 16.8. The molecule has 174 valence electrons. The van der Waals surface area contributed by atoms with Gasteiger partial charge in [-0.2, -0.15) is 0 Å². The Morgan fingerprint density at radius 2 is 1.85 bits per heavy atom. The van der Waals surface area contributed by atoms with E-state index in [2.05, 4.69) is 21.4 Å². The summed E-state index contributed by atoms with van der Waals surface area (Å²) in [7, 11) is 0. The molecule has 34 heavy (non-hydrogen) atoms. The molecule has 3 aromatic rings. The molecule has 0 atom stereocenters. The van der Waals surface area contributed by atoms with Crippen LogP contribution in [0.5, 0.6) is 5.75 Å². The average molecular weight is 458 g/mol. The fourth-order valence-electron chi connectivity index (χ4n) is 3.97. The quantitative estimate of drug-likeness (QED) is 0.501. The van der Waals surface area contributed by atoms with Crippen LogP contribution < -0.4 is 15.0 Å². The van der Waals surface area contributed by atoms with Crippen LogP contribution in [-0.4, -0.2) is 60.4 Å². The maximum atomic E-state index is 13.4. The minimum Gasteiger partial charge on any atom is -0.493 e. The van der Waals surface area contributed by atoms with Crippen molar-refractivity contribution >= 4 is 23.4 Å².